The Morgan fingerprint density at radius 3 is 2.54 bits per heavy atom. The molecule has 0 aliphatic heterocycles. The van der Waals surface area contributed by atoms with Crippen LogP contribution in [-0.4, -0.2) is 44.7 Å². The number of ether oxygens (including phenoxy) is 1. The summed E-state index contributed by atoms with van der Waals surface area (Å²) in [7, 11) is 4.05. The van der Waals surface area contributed by atoms with Crippen LogP contribution in [0.15, 0.2) is 53.5 Å². The third-order valence-electron chi connectivity index (χ3n) is 3.82. The lowest BCUT2D eigenvalue weighted by molar-refractivity contribution is 0.261. The maximum Gasteiger partial charge on any atom is 0.191 e. The van der Waals surface area contributed by atoms with Crippen molar-refractivity contribution < 1.29 is 9.13 Å². The second kappa shape index (κ2) is 13.3. The molecule has 0 radical (unpaired) electrons. The molecular weight excluding hydrogens is 470 g/mol. The average Bonchev–Trinajstić information content (AvgIpc) is 2.64. The first-order valence-electron chi connectivity index (χ1n) is 9.20. The maximum absolute atomic E-state index is 13.3. The third-order valence-corrected chi connectivity index (χ3v) is 3.82. The summed E-state index contributed by atoms with van der Waals surface area (Å²) in [5.74, 6) is 1.31. The van der Waals surface area contributed by atoms with E-state index in [2.05, 4.69) is 20.5 Å². The second-order valence-corrected chi connectivity index (χ2v) is 6.48. The average molecular weight is 500 g/mol. The van der Waals surface area contributed by atoms with E-state index < -0.39 is 0 Å². The lowest BCUT2D eigenvalue weighted by Crippen LogP contribution is -2.36. The van der Waals surface area contributed by atoms with E-state index in [1.807, 2.05) is 51.4 Å². The fraction of sp³-hybridized carbons (Fsp3) is 0.381. The number of hydrogen-bond acceptors (Lipinski definition) is 3. The largest absolute Gasteiger partial charge is 0.492 e. The Bertz CT molecular complexity index is 740. The number of aliphatic imine (C=N–C) groups is 1. The van der Waals surface area contributed by atoms with Gasteiger partial charge in [0.15, 0.2) is 5.96 Å². The van der Waals surface area contributed by atoms with Crippen molar-refractivity contribution in [2.45, 2.75) is 20.0 Å². The summed E-state index contributed by atoms with van der Waals surface area (Å²) < 4.78 is 19.1. The van der Waals surface area contributed by atoms with Crippen molar-refractivity contribution in [1.82, 2.24) is 15.5 Å². The highest BCUT2D eigenvalue weighted by atomic mass is 127. The molecule has 0 aliphatic carbocycles. The molecule has 2 N–H and O–H groups in total. The van der Waals surface area contributed by atoms with E-state index in [9.17, 15) is 4.39 Å². The van der Waals surface area contributed by atoms with Crippen LogP contribution in [-0.2, 0) is 13.1 Å². The molecule has 0 fully saturated rings. The summed E-state index contributed by atoms with van der Waals surface area (Å²) >= 11 is 0. The first kappa shape index (κ1) is 24.2. The van der Waals surface area contributed by atoms with E-state index in [1.165, 1.54) is 12.1 Å². The second-order valence-electron chi connectivity index (χ2n) is 6.48. The number of nitrogens with one attached hydrogen (secondary N) is 2. The molecule has 2 aromatic rings. The minimum absolute atomic E-state index is 0. The molecule has 0 aromatic heterocycles. The molecule has 0 heterocycles. The zero-order valence-electron chi connectivity index (χ0n) is 16.7. The Hall–Kier alpha value is -1.87. The van der Waals surface area contributed by atoms with Gasteiger partial charge in [-0.3, -0.25) is 0 Å². The summed E-state index contributed by atoms with van der Waals surface area (Å²) in [5, 5.41) is 6.51. The molecule has 0 bridgehead atoms. The predicted octanol–water partition coefficient (Wildman–Crippen LogP) is 3.64. The lowest BCUT2D eigenvalue weighted by Gasteiger charge is -2.13. The summed E-state index contributed by atoms with van der Waals surface area (Å²) in [5.41, 5.74) is 1.94. The van der Waals surface area contributed by atoms with Gasteiger partial charge in [0.05, 0.1) is 6.54 Å². The smallest absolute Gasteiger partial charge is 0.191 e. The highest BCUT2D eigenvalue weighted by molar-refractivity contribution is 14.0. The van der Waals surface area contributed by atoms with Gasteiger partial charge in [-0.25, -0.2) is 9.38 Å². The first-order valence-corrected chi connectivity index (χ1v) is 9.20. The molecule has 0 unspecified atom stereocenters. The Balaban J connectivity index is 0.00000392. The maximum atomic E-state index is 13.3. The van der Waals surface area contributed by atoms with Gasteiger partial charge < -0.3 is 20.3 Å². The van der Waals surface area contributed by atoms with E-state index in [4.69, 9.17) is 4.74 Å². The number of benzene rings is 2. The van der Waals surface area contributed by atoms with Crippen molar-refractivity contribution in [3.63, 3.8) is 0 Å². The van der Waals surface area contributed by atoms with Gasteiger partial charge in [-0.2, -0.15) is 0 Å². The molecule has 5 nitrogen and oxygen atoms in total. The predicted molar refractivity (Wildman–Crippen MR) is 124 cm³/mol. The zero-order valence-corrected chi connectivity index (χ0v) is 19.1. The van der Waals surface area contributed by atoms with Crippen LogP contribution in [0.1, 0.15) is 18.1 Å². The highest BCUT2D eigenvalue weighted by Gasteiger charge is 2.02. The van der Waals surface area contributed by atoms with Crippen LogP contribution in [0.25, 0.3) is 0 Å². The summed E-state index contributed by atoms with van der Waals surface area (Å²) in [6, 6.07) is 14.5. The Morgan fingerprint density at radius 2 is 1.82 bits per heavy atom. The van der Waals surface area contributed by atoms with Crippen molar-refractivity contribution >= 4 is 29.9 Å². The van der Waals surface area contributed by atoms with Gasteiger partial charge in [0.25, 0.3) is 0 Å². The standard InChI is InChI=1S/C21H29FN4O.HI/c1-4-23-21(24-15-17-7-5-9-19(22)13-17)25-16-18-8-6-10-20(14-18)27-12-11-26(2)3;/h5-10,13-14H,4,11-12,15-16H2,1-3H3,(H2,23,24,25);1H. The quantitative estimate of drug-likeness (QED) is 0.314. The van der Waals surface area contributed by atoms with E-state index in [0.29, 0.717) is 25.7 Å². The van der Waals surface area contributed by atoms with E-state index in [1.54, 1.807) is 6.07 Å². The number of halogens is 2. The molecule has 0 saturated heterocycles. The number of hydrogen-bond donors (Lipinski definition) is 2. The number of rotatable bonds is 9. The molecule has 0 saturated carbocycles. The van der Waals surface area contributed by atoms with Crippen LogP contribution in [0.2, 0.25) is 0 Å². The van der Waals surface area contributed by atoms with Gasteiger partial charge in [0.2, 0.25) is 0 Å². The SMILES string of the molecule is CCNC(=NCc1cccc(F)c1)NCc1cccc(OCCN(C)C)c1.I. The molecular formula is C21H30FIN4O. The topological polar surface area (TPSA) is 48.9 Å². The van der Waals surface area contributed by atoms with Gasteiger partial charge in [-0.05, 0) is 56.4 Å². The Kier molecular flexibility index (Phi) is 11.5. The van der Waals surface area contributed by atoms with Gasteiger partial charge >= 0.3 is 0 Å². The van der Waals surface area contributed by atoms with Crippen LogP contribution in [0.3, 0.4) is 0 Å². The minimum atomic E-state index is -0.244. The van der Waals surface area contributed by atoms with E-state index in [-0.39, 0.29) is 29.8 Å². The van der Waals surface area contributed by atoms with Crippen LogP contribution in [0.4, 0.5) is 4.39 Å². The highest BCUT2D eigenvalue weighted by Crippen LogP contribution is 2.13. The molecule has 28 heavy (non-hydrogen) atoms. The molecule has 0 atom stereocenters. The summed E-state index contributed by atoms with van der Waals surface area (Å²) in [6.45, 7) is 5.34. The summed E-state index contributed by atoms with van der Waals surface area (Å²) in [6.07, 6.45) is 0. The number of likely N-dealkylation sites (N-methyl/N-ethyl adjacent to an activating group) is 1. The number of nitrogens with zero attached hydrogens (tertiary/aromatic N) is 2. The Morgan fingerprint density at radius 1 is 1.07 bits per heavy atom. The fourth-order valence-corrected chi connectivity index (χ4v) is 2.42. The molecule has 0 spiro atoms. The van der Waals surface area contributed by atoms with E-state index >= 15 is 0 Å². The molecule has 2 rings (SSSR count). The molecule has 2 aromatic carbocycles. The van der Waals surface area contributed by atoms with Crippen molar-refractivity contribution in [3.8, 4) is 5.75 Å². The van der Waals surface area contributed by atoms with Gasteiger partial charge in [0.1, 0.15) is 18.2 Å². The van der Waals surface area contributed by atoms with E-state index in [0.717, 1.165) is 30.0 Å². The molecule has 0 aliphatic rings. The number of guanidine groups is 1. The molecule has 7 heteroatoms. The zero-order chi connectivity index (χ0) is 19.5. The van der Waals surface area contributed by atoms with Crippen LogP contribution >= 0.6 is 24.0 Å². The van der Waals surface area contributed by atoms with Crippen LogP contribution < -0.4 is 15.4 Å². The van der Waals surface area contributed by atoms with Crippen molar-refractivity contribution in [2.75, 3.05) is 33.8 Å². The molecule has 0 amide bonds. The minimum Gasteiger partial charge on any atom is -0.492 e. The normalized spacial score (nSPS) is 11.1. The summed E-state index contributed by atoms with van der Waals surface area (Å²) in [4.78, 5) is 6.61. The van der Waals surface area contributed by atoms with Gasteiger partial charge in [0, 0.05) is 19.6 Å². The monoisotopic (exact) mass is 500 g/mol. The lowest BCUT2D eigenvalue weighted by atomic mass is 10.2. The first-order chi connectivity index (χ1) is 13.1. The van der Waals surface area contributed by atoms with Gasteiger partial charge in [-0.1, -0.05) is 24.3 Å². The van der Waals surface area contributed by atoms with Crippen molar-refractivity contribution in [3.05, 3.63) is 65.5 Å². The van der Waals surface area contributed by atoms with Gasteiger partial charge in [-0.15, -0.1) is 24.0 Å². The third kappa shape index (κ3) is 9.36. The van der Waals surface area contributed by atoms with Crippen LogP contribution in [0, 0.1) is 5.82 Å². The molecule has 154 valence electrons. The van der Waals surface area contributed by atoms with Crippen molar-refractivity contribution in [2.24, 2.45) is 4.99 Å². The van der Waals surface area contributed by atoms with Crippen molar-refractivity contribution in [1.29, 1.82) is 0 Å². The van der Waals surface area contributed by atoms with Crippen LogP contribution in [0.5, 0.6) is 5.75 Å². The Labute approximate surface area is 184 Å². The fourth-order valence-electron chi connectivity index (χ4n) is 2.42.